The number of nitrogens with zero attached hydrogens (tertiary/aromatic N) is 2. The van der Waals surface area contributed by atoms with Crippen LogP contribution in [0.1, 0.15) is 70.0 Å². The number of ether oxygens (including phenoxy) is 1. The molecule has 1 saturated heterocycles. The number of likely N-dealkylation sites (tertiary alicyclic amines) is 1. The van der Waals surface area contributed by atoms with E-state index in [1.165, 1.54) is 0 Å². The second-order valence-corrected chi connectivity index (χ2v) is 10.7. The number of hydrogen-bond acceptors (Lipinski definition) is 7. The molecule has 1 fully saturated rings. The van der Waals surface area contributed by atoms with Gasteiger partial charge >= 0.3 is 12.1 Å². The molecule has 39 heavy (non-hydrogen) atoms. The van der Waals surface area contributed by atoms with Crippen molar-refractivity contribution in [2.24, 2.45) is 5.41 Å². The Morgan fingerprint density at radius 2 is 1.85 bits per heavy atom. The smallest absolute Gasteiger partial charge is 0.408 e. The maximum atomic E-state index is 13.0. The van der Waals surface area contributed by atoms with Crippen molar-refractivity contribution >= 4 is 29.5 Å². The Hall–Kier alpha value is -3.89. The SMILES string of the molecule is CCCCC(NC(=O)OC1CN(C(=O)Nc2c(C)noc2C)CC1(C)C)C(=O)C(=O)NC(C)c1ccccc1. The highest BCUT2D eigenvalue weighted by Crippen LogP contribution is 2.33. The van der Waals surface area contributed by atoms with Crippen LogP contribution in [0.5, 0.6) is 0 Å². The number of nitrogens with one attached hydrogen (secondary N) is 3. The van der Waals surface area contributed by atoms with Gasteiger partial charge in [-0.2, -0.15) is 0 Å². The van der Waals surface area contributed by atoms with E-state index < -0.39 is 35.3 Å². The van der Waals surface area contributed by atoms with Gasteiger partial charge in [0.05, 0.1) is 12.6 Å². The number of anilines is 1. The van der Waals surface area contributed by atoms with Crippen molar-refractivity contribution in [2.75, 3.05) is 18.4 Å². The molecule has 3 unspecified atom stereocenters. The van der Waals surface area contributed by atoms with Crippen molar-refractivity contribution < 1.29 is 28.4 Å². The number of hydrogen-bond donors (Lipinski definition) is 3. The lowest BCUT2D eigenvalue weighted by Crippen LogP contribution is -2.49. The van der Waals surface area contributed by atoms with Gasteiger partial charge in [-0.25, -0.2) is 9.59 Å². The molecule has 3 N–H and O–H groups in total. The number of benzene rings is 1. The Kier molecular flexibility index (Phi) is 9.71. The molecule has 4 amide bonds. The summed E-state index contributed by atoms with van der Waals surface area (Å²) in [5, 5.41) is 12.0. The van der Waals surface area contributed by atoms with Gasteiger partial charge in [-0.05, 0) is 32.8 Å². The fourth-order valence-corrected chi connectivity index (χ4v) is 4.54. The summed E-state index contributed by atoms with van der Waals surface area (Å²) in [6, 6.07) is 7.55. The van der Waals surface area contributed by atoms with Gasteiger partial charge in [0.2, 0.25) is 5.78 Å². The Bertz CT molecular complexity index is 1160. The molecule has 11 nitrogen and oxygen atoms in total. The minimum atomic E-state index is -1.02. The van der Waals surface area contributed by atoms with Gasteiger partial charge < -0.3 is 30.1 Å². The second kappa shape index (κ2) is 12.8. The lowest BCUT2D eigenvalue weighted by Gasteiger charge is -2.26. The highest BCUT2D eigenvalue weighted by molar-refractivity contribution is 6.38. The second-order valence-electron chi connectivity index (χ2n) is 10.7. The molecule has 0 saturated carbocycles. The summed E-state index contributed by atoms with van der Waals surface area (Å²) in [5.74, 6) is -0.998. The van der Waals surface area contributed by atoms with Crippen molar-refractivity contribution in [1.29, 1.82) is 0 Å². The molecule has 2 heterocycles. The Balaban J connectivity index is 1.60. The van der Waals surface area contributed by atoms with Gasteiger partial charge in [0.1, 0.15) is 23.5 Å². The molecule has 1 aliphatic heterocycles. The van der Waals surface area contributed by atoms with E-state index >= 15 is 0 Å². The Morgan fingerprint density at radius 3 is 2.46 bits per heavy atom. The van der Waals surface area contributed by atoms with Gasteiger partial charge in [0, 0.05) is 12.0 Å². The molecule has 1 aliphatic rings. The van der Waals surface area contributed by atoms with Crippen molar-refractivity contribution in [2.45, 2.75) is 79.0 Å². The van der Waals surface area contributed by atoms with E-state index in [0.29, 0.717) is 36.5 Å². The van der Waals surface area contributed by atoms with E-state index in [0.717, 1.165) is 12.0 Å². The third kappa shape index (κ3) is 7.58. The normalized spacial score (nSPS) is 17.7. The van der Waals surface area contributed by atoms with Crippen LogP contribution in [0, 0.1) is 19.3 Å². The molecule has 0 aliphatic carbocycles. The minimum Gasteiger partial charge on any atom is -0.444 e. The molecule has 0 radical (unpaired) electrons. The van der Waals surface area contributed by atoms with Gasteiger partial charge in [-0.3, -0.25) is 9.59 Å². The number of ketones is 1. The zero-order valence-electron chi connectivity index (χ0n) is 23.5. The molecule has 2 aromatic rings. The number of Topliss-reactive ketones (excluding diaryl/α,β-unsaturated/α-hetero) is 1. The first kappa shape index (κ1) is 29.7. The standard InChI is InChI=1S/C28H39N5O6/c1-7-8-14-21(24(34)25(35)29-17(2)20-12-10-9-11-13-20)30-27(37)38-22-15-33(16-28(22,5)6)26(36)31-23-18(3)32-39-19(23)4/h9-13,17,21-22H,7-8,14-16H2,1-6H3,(H,29,35)(H,30,37)(H,31,36). The molecule has 3 atom stereocenters. The molecule has 212 valence electrons. The number of rotatable bonds is 10. The van der Waals surface area contributed by atoms with Crippen LogP contribution in [0.2, 0.25) is 0 Å². The van der Waals surface area contributed by atoms with Crippen molar-refractivity contribution in [3.63, 3.8) is 0 Å². The maximum Gasteiger partial charge on any atom is 0.408 e. The third-order valence-corrected chi connectivity index (χ3v) is 6.98. The van der Waals surface area contributed by atoms with Gasteiger partial charge in [-0.1, -0.05) is 69.1 Å². The predicted octanol–water partition coefficient (Wildman–Crippen LogP) is 4.27. The summed E-state index contributed by atoms with van der Waals surface area (Å²) in [7, 11) is 0. The van der Waals surface area contributed by atoms with Crippen LogP contribution in [-0.4, -0.2) is 59.1 Å². The molecule has 11 heteroatoms. The van der Waals surface area contributed by atoms with Crippen LogP contribution in [-0.2, 0) is 14.3 Å². The van der Waals surface area contributed by atoms with E-state index in [4.69, 9.17) is 9.26 Å². The molecule has 1 aromatic carbocycles. The average molecular weight is 542 g/mol. The number of aromatic nitrogens is 1. The Labute approximate surface area is 229 Å². The van der Waals surface area contributed by atoms with Crippen LogP contribution >= 0.6 is 0 Å². The number of unbranched alkanes of at least 4 members (excludes halogenated alkanes) is 1. The molecule has 3 rings (SSSR count). The maximum absolute atomic E-state index is 13.0. The van der Waals surface area contributed by atoms with E-state index in [1.807, 2.05) is 51.1 Å². The summed E-state index contributed by atoms with van der Waals surface area (Å²) >= 11 is 0. The summed E-state index contributed by atoms with van der Waals surface area (Å²) in [5.41, 5.74) is 1.40. The van der Waals surface area contributed by atoms with Crippen molar-refractivity contribution in [1.82, 2.24) is 20.7 Å². The first-order chi connectivity index (χ1) is 18.4. The highest BCUT2D eigenvalue weighted by Gasteiger charge is 2.44. The van der Waals surface area contributed by atoms with Crippen LogP contribution in [0.4, 0.5) is 15.3 Å². The average Bonchev–Trinajstić information content (AvgIpc) is 3.38. The van der Waals surface area contributed by atoms with E-state index in [1.54, 1.807) is 25.7 Å². The first-order valence-corrected chi connectivity index (χ1v) is 13.3. The number of amides is 4. The molecule has 1 aromatic heterocycles. The Morgan fingerprint density at radius 1 is 1.15 bits per heavy atom. The van der Waals surface area contributed by atoms with Crippen molar-refractivity contribution in [3.05, 3.63) is 47.3 Å². The number of alkyl carbamates (subject to hydrolysis) is 1. The van der Waals surface area contributed by atoms with E-state index in [-0.39, 0.29) is 18.6 Å². The van der Waals surface area contributed by atoms with E-state index in [2.05, 4.69) is 21.1 Å². The molecule has 0 bridgehead atoms. The van der Waals surface area contributed by atoms with Crippen LogP contribution in [0.15, 0.2) is 34.9 Å². The number of aryl methyl sites for hydroxylation is 2. The summed E-state index contributed by atoms with van der Waals surface area (Å²) in [4.78, 5) is 53.1. The molecule has 0 spiro atoms. The topological polar surface area (TPSA) is 143 Å². The largest absolute Gasteiger partial charge is 0.444 e. The monoisotopic (exact) mass is 541 g/mol. The highest BCUT2D eigenvalue weighted by atomic mass is 16.6. The third-order valence-electron chi connectivity index (χ3n) is 6.98. The zero-order valence-corrected chi connectivity index (χ0v) is 23.5. The zero-order chi connectivity index (χ0) is 28.7. The summed E-state index contributed by atoms with van der Waals surface area (Å²) in [6.07, 6.45) is 0.300. The number of carbonyl (C=O) groups is 4. The van der Waals surface area contributed by atoms with Crippen molar-refractivity contribution in [3.8, 4) is 0 Å². The summed E-state index contributed by atoms with van der Waals surface area (Å²) in [6.45, 7) is 11.5. The van der Waals surface area contributed by atoms with Crippen LogP contribution < -0.4 is 16.0 Å². The number of urea groups is 1. The lowest BCUT2D eigenvalue weighted by molar-refractivity contribution is -0.139. The van der Waals surface area contributed by atoms with Gasteiger partial charge in [0.15, 0.2) is 5.76 Å². The molecular weight excluding hydrogens is 502 g/mol. The molecular formula is C28H39N5O6. The quantitative estimate of drug-likeness (QED) is 0.381. The fourth-order valence-electron chi connectivity index (χ4n) is 4.54. The predicted molar refractivity (Wildman–Crippen MR) is 145 cm³/mol. The first-order valence-electron chi connectivity index (χ1n) is 13.3. The van der Waals surface area contributed by atoms with Gasteiger partial charge in [0.25, 0.3) is 5.91 Å². The fraction of sp³-hybridized carbons (Fsp3) is 0.536. The van der Waals surface area contributed by atoms with Crippen LogP contribution in [0.3, 0.4) is 0 Å². The number of carbonyl (C=O) groups excluding carboxylic acids is 4. The summed E-state index contributed by atoms with van der Waals surface area (Å²) < 4.78 is 10.8. The van der Waals surface area contributed by atoms with E-state index in [9.17, 15) is 19.2 Å². The minimum absolute atomic E-state index is 0.165. The van der Waals surface area contributed by atoms with Crippen LogP contribution in [0.25, 0.3) is 0 Å². The van der Waals surface area contributed by atoms with Gasteiger partial charge in [-0.15, -0.1) is 0 Å². The lowest BCUT2D eigenvalue weighted by atomic mass is 9.90.